The lowest BCUT2D eigenvalue weighted by Crippen LogP contribution is -2.21. The highest BCUT2D eigenvalue weighted by atomic mass is 32.2. The largest absolute Gasteiger partial charge is 0.381 e. The molecule has 0 aliphatic heterocycles. The van der Waals surface area contributed by atoms with Gasteiger partial charge in [-0.3, -0.25) is 4.72 Å². The van der Waals surface area contributed by atoms with Gasteiger partial charge >= 0.3 is 0 Å². The molecule has 1 heterocycles. The Morgan fingerprint density at radius 1 is 1.16 bits per heavy atom. The van der Waals surface area contributed by atoms with Crippen molar-refractivity contribution in [2.24, 2.45) is 5.14 Å². The number of benzene rings is 1. The number of rotatable bonds is 5. The Kier molecular flexibility index (Phi) is 3.93. The lowest BCUT2D eigenvalue weighted by atomic mass is 10.2. The van der Waals surface area contributed by atoms with Crippen LogP contribution in [0.3, 0.4) is 0 Å². The maximum atomic E-state index is 10.9. The van der Waals surface area contributed by atoms with Crippen LogP contribution in [-0.4, -0.2) is 18.4 Å². The van der Waals surface area contributed by atoms with Crippen LogP contribution >= 0.6 is 0 Å². The molecule has 0 unspecified atom stereocenters. The van der Waals surface area contributed by atoms with E-state index in [1.54, 1.807) is 30.6 Å². The minimum atomic E-state index is -3.76. The van der Waals surface area contributed by atoms with Gasteiger partial charge in [0, 0.05) is 30.2 Å². The van der Waals surface area contributed by atoms with E-state index in [0.717, 1.165) is 11.3 Å². The highest BCUT2D eigenvalue weighted by Gasteiger charge is 2.02. The number of nitrogens with one attached hydrogen (secondary N) is 2. The third-order valence-electron chi connectivity index (χ3n) is 2.23. The highest BCUT2D eigenvalue weighted by molar-refractivity contribution is 7.90. The fourth-order valence-electron chi connectivity index (χ4n) is 1.48. The van der Waals surface area contributed by atoms with Crippen LogP contribution in [0.25, 0.3) is 0 Å². The van der Waals surface area contributed by atoms with Gasteiger partial charge in [0.05, 0.1) is 5.69 Å². The molecule has 0 saturated carbocycles. The monoisotopic (exact) mass is 279 g/mol. The zero-order valence-electron chi connectivity index (χ0n) is 9.95. The molecule has 0 aliphatic rings. The van der Waals surface area contributed by atoms with Crippen molar-refractivity contribution in [2.45, 2.75) is 6.54 Å². The van der Waals surface area contributed by atoms with Crippen molar-refractivity contribution in [1.29, 1.82) is 0 Å². The summed E-state index contributed by atoms with van der Waals surface area (Å²) < 4.78 is 24.0. The van der Waals surface area contributed by atoms with Crippen LogP contribution in [-0.2, 0) is 16.8 Å². The van der Waals surface area contributed by atoms with E-state index in [4.69, 9.17) is 5.14 Å². The van der Waals surface area contributed by atoms with E-state index in [1.165, 1.54) is 6.33 Å². The maximum Gasteiger partial charge on any atom is 0.296 e. The molecule has 19 heavy (non-hydrogen) atoms. The lowest BCUT2D eigenvalue weighted by molar-refractivity contribution is 0.603. The Balaban J connectivity index is 2.03. The Hall–Kier alpha value is -2.19. The van der Waals surface area contributed by atoms with Gasteiger partial charge in [0.15, 0.2) is 0 Å². The van der Waals surface area contributed by atoms with Gasteiger partial charge in [-0.1, -0.05) is 6.07 Å². The topological polar surface area (TPSA) is 110 Å². The van der Waals surface area contributed by atoms with Crippen molar-refractivity contribution in [3.05, 3.63) is 48.5 Å². The summed E-state index contributed by atoms with van der Waals surface area (Å²) in [6.07, 6.45) is 4.86. The smallest absolute Gasteiger partial charge is 0.296 e. The van der Waals surface area contributed by atoms with Gasteiger partial charge in [0.1, 0.15) is 6.33 Å². The zero-order valence-corrected chi connectivity index (χ0v) is 10.8. The second kappa shape index (κ2) is 5.63. The SMILES string of the molecule is NS(=O)(=O)Nc1cccc(NCc2cncnc2)c1. The van der Waals surface area contributed by atoms with Crippen LogP contribution in [0.2, 0.25) is 0 Å². The summed E-state index contributed by atoms with van der Waals surface area (Å²) in [6, 6.07) is 6.80. The number of nitrogens with zero attached hydrogens (tertiary/aromatic N) is 2. The fourth-order valence-corrected chi connectivity index (χ4v) is 1.94. The number of hydrogen-bond acceptors (Lipinski definition) is 5. The van der Waals surface area contributed by atoms with E-state index in [2.05, 4.69) is 20.0 Å². The van der Waals surface area contributed by atoms with Crippen molar-refractivity contribution in [3.8, 4) is 0 Å². The maximum absolute atomic E-state index is 10.9. The van der Waals surface area contributed by atoms with E-state index in [0.29, 0.717) is 12.2 Å². The molecular formula is C11H13N5O2S. The third-order valence-corrected chi connectivity index (χ3v) is 2.75. The number of anilines is 2. The van der Waals surface area contributed by atoms with Gasteiger partial charge in [0.2, 0.25) is 0 Å². The molecule has 1 aromatic heterocycles. The van der Waals surface area contributed by atoms with Gasteiger partial charge in [-0.15, -0.1) is 0 Å². The zero-order chi connectivity index (χ0) is 13.7. The summed E-state index contributed by atoms with van der Waals surface area (Å²) in [5.74, 6) is 0. The molecule has 4 N–H and O–H groups in total. The molecule has 8 heteroatoms. The normalized spacial score (nSPS) is 11.0. The van der Waals surface area contributed by atoms with Gasteiger partial charge in [-0.05, 0) is 18.2 Å². The van der Waals surface area contributed by atoms with E-state index in [1.807, 2.05) is 6.07 Å². The van der Waals surface area contributed by atoms with Crippen LogP contribution in [0, 0.1) is 0 Å². The van der Waals surface area contributed by atoms with Crippen LogP contribution in [0.15, 0.2) is 43.0 Å². The summed E-state index contributed by atoms with van der Waals surface area (Å²) in [5.41, 5.74) is 2.08. The molecule has 0 saturated heterocycles. The van der Waals surface area contributed by atoms with Crippen LogP contribution in [0.5, 0.6) is 0 Å². The molecule has 0 bridgehead atoms. The van der Waals surface area contributed by atoms with Crippen LogP contribution < -0.4 is 15.2 Å². The van der Waals surface area contributed by atoms with Crippen molar-refractivity contribution >= 4 is 21.6 Å². The van der Waals surface area contributed by atoms with Crippen molar-refractivity contribution < 1.29 is 8.42 Å². The predicted octanol–water partition coefficient (Wildman–Crippen LogP) is 0.704. The molecule has 0 atom stereocenters. The van der Waals surface area contributed by atoms with Crippen LogP contribution in [0.4, 0.5) is 11.4 Å². The van der Waals surface area contributed by atoms with E-state index >= 15 is 0 Å². The van der Waals surface area contributed by atoms with Crippen molar-refractivity contribution in [3.63, 3.8) is 0 Å². The molecule has 2 rings (SSSR count). The quantitative estimate of drug-likeness (QED) is 0.746. The van der Waals surface area contributed by atoms with Crippen molar-refractivity contribution in [2.75, 3.05) is 10.0 Å². The minimum Gasteiger partial charge on any atom is -0.381 e. The molecule has 0 amide bonds. The molecule has 2 aromatic rings. The Morgan fingerprint density at radius 2 is 1.84 bits per heavy atom. The molecule has 0 aliphatic carbocycles. The number of aromatic nitrogens is 2. The molecule has 7 nitrogen and oxygen atoms in total. The first-order chi connectivity index (χ1) is 9.03. The lowest BCUT2D eigenvalue weighted by Gasteiger charge is -2.08. The summed E-state index contributed by atoms with van der Waals surface area (Å²) in [7, 11) is -3.76. The minimum absolute atomic E-state index is 0.400. The molecular weight excluding hydrogens is 266 g/mol. The fraction of sp³-hybridized carbons (Fsp3) is 0.0909. The summed E-state index contributed by atoms with van der Waals surface area (Å²) in [6.45, 7) is 0.541. The van der Waals surface area contributed by atoms with Crippen LogP contribution in [0.1, 0.15) is 5.56 Å². The van der Waals surface area contributed by atoms with E-state index < -0.39 is 10.2 Å². The summed E-state index contributed by atoms with van der Waals surface area (Å²) in [4.78, 5) is 7.81. The van der Waals surface area contributed by atoms with Crippen molar-refractivity contribution in [1.82, 2.24) is 9.97 Å². The van der Waals surface area contributed by atoms with E-state index in [-0.39, 0.29) is 0 Å². The Bertz CT molecular complexity index is 645. The number of hydrogen-bond donors (Lipinski definition) is 3. The van der Waals surface area contributed by atoms with Gasteiger partial charge in [0.25, 0.3) is 10.2 Å². The molecule has 0 spiro atoms. The first-order valence-corrected chi connectivity index (χ1v) is 6.96. The Morgan fingerprint density at radius 3 is 2.53 bits per heavy atom. The molecule has 100 valence electrons. The second-order valence-electron chi connectivity index (χ2n) is 3.83. The summed E-state index contributed by atoms with van der Waals surface area (Å²) >= 11 is 0. The Labute approximate surface area is 111 Å². The van der Waals surface area contributed by atoms with E-state index in [9.17, 15) is 8.42 Å². The first-order valence-electron chi connectivity index (χ1n) is 5.41. The van der Waals surface area contributed by atoms with Gasteiger partial charge in [-0.25, -0.2) is 15.1 Å². The predicted molar refractivity (Wildman–Crippen MR) is 72.5 cm³/mol. The average Bonchev–Trinajstić information content (AvgIpc) is 2.36. The molecule has 0 radical (unpaired) electrons. The molecule has 1 aromatic carbocycles. The average molecular weight is 279 g/mol. The third kappa shape index (κ3) is 4.53. The summed E-state index contributed by atoms with van der Waals surface area (Å²) in [5, 5.41) is 8.04. The number of nitrogens with two attached hydrogens (primary N) is 1. The second-order valence-corrected chi connectivity index (χ2v) is 5.12. The highest BCUT2D eigenvalue weighted by Crippen LogP contribution is 2.16. The molecule has 0 fully saturated rings. The first kappa shape index (κ1) is 13.2. The van der Waals surface area contributed by atoms with Gasteiger partial charge in [-0.2, -0.15) is 8.42 Å². The van der Waals surface area contributed by atoms with Gasteiger partial charge < -0.3 is 5.32 Å². The standard InChI is InChI=1S/C11H13N5O2S/c12-19(17,18)16-11-3-1-2-10(4-11)15-7-9-5-13-8-14-6-9/h1-6,8,15-16H,7H2,(H2,12,17,18).